The number of likely N-dealkylation sites (N-methyl/N-ethyl adjacent to an activating group) is 1. The van der Waals surface area contributed by atoms with Crippen LogP contribution in [0.4, 0.5) is 11.4 Å². The lowest BCUT2D eigenvalue weighted by atomic mass is 10.3. The number of nitrogens with zero attached hydrogens (tertiary/aromatic N) is 2. The molecule has 0 aliphatic heterocycles. The summed E-state index contributed by atoms with van der Waals surface area (Å²) < 4.78 is 26.7. The third kappa shape index (κ3) is 4.66. The van der Waals surface area contributed by atoms with Gasteiger partial charge in [-0.25, -0.2) is 13.1 Å². The van der Waals surface area contributed by atoms with Crippen molar-refractivity contribution in [3.8, 4) is 0 Å². The lowest BCUT2D eigenvalue weighted by molar-refractivity contribution is -0.387. The van der Waals surface area contributed by atoms with E-state index in [1.54, 1.807) is 0 Å². The molecule has 0 atom stereocenters. The summed E-state index contributed by atoms with van der Waals surface area (Å²) in [5, 5.41) is 10.9. The molecule has 0 heterocycles. The van der Waals surface area contributed by atoms with Crippen LogP contribution in [-0.2, 0) is 10.0 Å². The summed E-state index contributed by atoms with van der Waals surface area (Å²) in [6.07, 6.45) is 0. The van der Waals surface area contributed by atoms with Crippen LogP contribution in [0.15, 0.2) is 23.1 Å². The van der Waals surface area contributed by atoms with Gasteiger partial charge in [0.1, 0.15) is 0 Å². The van der Waals surface area contributed by atoms with Gasteiger partial charge in [-0.05, 0) is 25.2 Å². The minimum absolute atomic E-state index is 0.157. The van der Waals surface area contributed by atoms with Gasteiger partial charge >= 0.3 is 0 Å². The van der Waals surface area contributed by atoms with Crippen molar-refractivity contribution < 1.29 is 13.3 Å². The highest BCUT2D eigenvalue weighted by atomic mass is 32.2. The molecule has 0 amide bonds. The average Bonchev–Trinajstić information content (AvgIpc) is 2.43. The molecule has 21 heavy (non-hydrogen) atoms. The van der Waals surface area contributed by atoms with Gasteiger partial charge in [0.05, 0.1) is 4.92 Å². The van der Waals surface area contributed by atoms with E-state index in [1.807, 2.05) is 18.7 Å². The van der Waals surface area contributed by atoms with Crippen molar-refractivity contribution in [2.45, 2.75) is 18.7 Å². The molecule has 0 fully saturated rings. The van der Waals surface area contributed by atoms with Gasteiger partial charge in [0.2, 0.25) is 10.0 Å². The predicted molar refractivity (Wildman–Crippen MR) is 80.5 cm³/mol. The first-order valence-electron chi connectivity index (χ1n) is 6.57. The van der Waals surface area contributed by atoms with Gasteiger partial charge in [0, 0.05) is 24.8 Å². The Labute approximate surface area is 124 Å². The summed E-state index contributed by atoms with van der Waals surface area (Å²) in [6, 6.07) is 3.49. The number of anilines is 1. The van der Waals surface area contributed by atoms with Gasteiger partial charge < -0.3 is 10.6 Å². The Bertz CT molecular complexity index is 599. The first kappa shape index (κ1) is 17.3. The van der Waals surface area contributed by atoms with E-state index in [1.165, 1.54) is 6.07 Å². The molecule has 1 aromatic carbocycles. The Kier molecular flexibility index (Phi) is 6.06. The largest absolute Gasteiger partial charge is 0.399 e. The van der Waals surface area contributed by atoms with E-state index >= 15 is 0 Å². The van der Waals surface area contributed by atoms with Crippen LogP contribution in [0.25, 0.3) is 0 Å². The quantitative estimate of drug-likeness (QED) is 0.416. The molecule has 0 spiro atoms. The molecular formula is C12H20N4O4S. The Morgan fingerprint density at radius 1 is 1.33 bits per heavy atom. The Morgan fingerprint density at radius 2 is 1.95 bits per heavy atom. The van der Waals surface area contributed by atoms with Crippen LogP contribution in [0.1, 0.15) is 13.8 Å². The van der Waals surface area contributed by atoms with E-state index in [-0.39, 0.29) is 12.2 Å². The van der Waals surface area contributed by atoms with Crippen LogP contribution < -0.4 is 10.5 Å². The van der Waals surface area contributed by atoms with Crippen molar-refractivity contribution >= 4 is 21.4 Å². The molecule has 1 aromatic rings. The lowest BCUT2D eigenvalue weighted by Gasteiger charge is -2.18. The maximum Gasteiger partial charge on any atom is 0.289 e. The van der Waals surface area contributed by atoms with Crippen LogP contribution in [-0.4, -0.2) is 44.4 Å². The number of nitro groups is 1. The molecule has 0 aliphatic carbocycles. The van der Waals surface area contributed by atoms with Crippen LogP contribution in [0.5, 0.6) is 0 Å². The van der Waals surface area contributed by atoms with Crippen LogP contribution in [0.2, 0.25) is 0 Å². The van der Waals surface area contributed by atoms with Crippen molar-refractivity contribution in [1.82, 2.24) is 9.62 Å². The number of nitro benzene ring substituents is 1. The van der Waals surface area contributed by atoms with Crippen molar-refractivity contribution in [3.05, 3.63) is 28.3 Å². The maximum atomic E-state index is 12.2. The molecule has 0 bridgehead atoms. The van der Waals surface area contributed by atoms with E-state index in [0.29, 0.717) is 6.54 Å². The number of hydrogen-bond acceptors (Lipinski definition) is 6. The van der Waals surface area contributed by atoms with Gasteiger partial charge in [0.15, 0.2) is 4.90 Å². The fourth-order valence-corrected chi connectivity index (χ4v) is 3.08. The highest BCUT2D eigenvalue weighted by Gasteiger charge is 2.25. The summed E-state index contributed by atoms with van der Waals surface area (Å²) in [7, 11) is -3.97. The molecule has 0 radical (unpaired) electrons. The minimum atomic E-state index is -3.97. The molecule has 8 nitrogen and oxygen atoms in total. The second kappa shape index (κ2) is 7.34. The average molecular weight is 316 g/mol. The third-order valence-corrected chi connectivity index (χ3v) is 4.57. The molecule has 0 saturated carbocycles. The van der Waals surface area contributed by atoms with E-state index in [2.05, 4.69) is 4.72 Å². The predicted octanol–water partition coefficient (Wildman–Crippen LogP) is 0.797. The topological polar surface area (TPSA) is 119 Å². The standard InChI is InChI=1S/C12H20N4O4S/c1-3-15(4-2)8-7-14-21(19,20)12-9-10(13)5-6-11(12)16(17)18/h5-6,9,14H,3-4,7-8,13H2,1-2H3. The highest BCUT2D eigenvalue weighted by Crippen LogP contribution is 2.25. The summed E-state index contributed by atoms with van der Waals surface area (Å²) in [4.78, 5) is 11.8. The van der Waals surface area contributed by atoms with Gasteiger partial charge in [-0.15, -0.1) is 0 Å². The molecule has 1 rings (SSSR count). The van der Waals surface area contributed by atoms with Crippen molar-refractivity contribution in [2.24, 2.45) is 0 Å². The molecule has 0 saturated heterocycles. The van der Waals surface area contributed by atoms with Crippen molar-refractivity contribution in [3.63, 3.8) is 0 Å². The number of sulfonamides is 1. The smallest absolute Gasteiger partial charge is 0.289 e. The molecule has 0 aromatic heterocycles. The normalized spacial score (nSPS) is 11.8. The molecular weight excluding hydrogens is 296 g/mol. The van der Waals surface area contributed by atoms with E-state index in [4.69, 9.17) is 5.73 Å². The van der Waals surface area contributed by atoms with Crippen molar-refractivity contribution in [2.75, 3.05) is 31.9 Å². The maximum absolute atomic E-state index is 12.2. The summed E-state index contributed by atoms with van der Waals surface area (Å²) in [5.41, 5.74) is 5.19. The summed E-state index contributed by atoms with van der Waals surface area (Å²) in [5.74, 6) is 0. The first-order valence-corrected chi connectivity index (χ1v) is 8.06. The van der Waals surface area contributed by atoms with Gasteiger partial charge in [0.25, 0.3) is 5.69 Å². The molecule has 0 unspecified atom stereocenters. The Morgan fingerprint density at radius 3 is 2.48 bits per heavy atom. The number of nitrogens with two attached hydrogens (primary N) is 1. The van der Waals surface area contributed by atoms with E-state index in [9.17, 15) is 18.5 Å². The number of nitrogen functional groups attached to an aromatic ring is 1. The highest BCUT2D eigenvalue weighted by molar-refractivity contribution is 7.89. The van der Waals surface area contributed by atoms with E-state index in [0.717, 1.165) is 25.2 Å². The molecule has 3 N–H and O–H groups in total. The third-order valence-electron chi connectivity index (χ3n) is 3.08. The van der Waals surface area contributed by atoms with Crippen LogP contribution in [0.3, 0.4) is 0 Å². The zero-order valence-corrected chi connectivity index (χ0v) is 12.9. The van der Waals surface area contributed by atoms with Gasteiger partial charge in [-0.3, -0.25) is 10.1 Å². The molecule has 118 valence electrons. The van der Waals surface area contributed by atoms with Crippen molar-refractivity contribution in [1.29, 1.82) is 0 Å². The first-order chi connectivity index (χ1) is 9.81. The van der Waals surface area contributed by atoms with E-state index < -0.39 is 25.5 Å². The number of benzene rings is 1. The SMILES string of the molecule is CCN(CC)CCNS(=O)(=O)c1cc(N)ccc1[N+](=O)[O-]. The monoisotopic (exact) mass is 316 g/mol. The number of hydrogen-bond donors (Lipinski definition) is 2. The fraction of sp³-hybridized carbons (Fsp3) is 0.500. The Balaban J connectivity index is 2.93. The lowest BCUT2D eigenvalue weighted by Crippen LogP contribution is -2.35. The fourth-order valence-electron chi connectivity index (χ4n) is 1.85. The number of rotatable bonds is 8. The Hall–Kier alpha value is -1.71. The minimum Gasteiger partial charge on any atom is -0.399 e. The van der Waals surface area contributed by atoms with Gasteiger partial charge in [-0.1, -0.05) is 13.8 Å². The summed E-state index contributed by atoms with van der Waals surface area (Å²) >= 11 is 0. The van der Waals surface area contributed by atoms with Crippen LogP contribution in [0, 0.1) is 10.1 Å². The molecule has 0 aliphatic rings. The summed E-state index contributed by atoms with van der Waals surface area (Å²) in [6.45, 7) is 6.26. The molecule has 9 heteroatoms. The second-order valence-corrected chi connectivity index (χ2v) is 6.14. The number of nitrogens with one attached hydrogen (secondary N) is 1. The zero-order chi connectivity index (χ0) is 16.0. The zero-order valence-electron chi connectivity index (χ0n) is 12.1. The second-order valence-electron chi connectivity index (χ2n) is 4.41. The van der Waals surface area contributed by atoms with Gasteiger partial charge in [-0.2, -0.15) is 0 Å². The van der Waals surface area contributed by atoms with Crippen LogP contribution >= 0.6 is 0 Å².